The summed E-state index contributed by atoms with van der Waals surface area (Å²) >= 11 is 3.21. The Morgan fingerprint density at radius 1 is 1.19 bits per heavy atom. The third-order valence-corrected chi connectivity index (χ3v) is 2.62. The summed E-state index contributed by atoms with van der Waals surface area (Å²) in [7, 11) is 3.20. The fourth-order valence-corrected chi connectivity index (χ4v) is 1.50. The number of rotatable bonds is 6. The standard InChI is InChI=1S/C11H15BrO4/c1-14-4-3-5-16-11-7-9(13)8(12)6-10(11)15-2/h6-7,13H,3-5H2,1-2H3. The van der Waals surface area contributed by atoms with Crippen LogP contribution in [0.4, 0.5) is 0 Å². The van der Waals surface area contributed by atoms with Gasteiger partial charge in [-0.25, -0.2) is 0 Å². The molecule has 0 saturated heterocycles. The molecule has 1 aromatic rings. The van der Waals surface area contributed by atoms with Gasteiger partial charge in [0.15, 0.2) is 11.5 Å². The molecule has 0 aliphatic heterocycles. The van der Waals surface area contributed by atoms with Crippen LogP contribution in [-0.2, 0) is 4.74 Å². The van der Waals surface area contributed by atoms with Gasteiger partial charge in [-0.1, -0.05) is 0 Å². The lowest BCUT2D eigenvalue weighted by Gasteiger charge is -2.11. The van der Waals surface area contributed by atoms with E-state index in [9.17, 15) is 5.11 Å². The molecule has 16 heavy (non-hydrogen) atoms. The van der Waals surface area contributed by atoms with Crippen molar-refractivity contribution in [2.24, 2.45) is 0 Å². The van der Waals surface area contributed by atoms with E-state index >= 15 is 0 Å². The maximum absolute atomic E-state index is 9.52. The molecule has 0 unspecified atom stereocenters. The van der Waals surface area contributed by atoms with E-state index in [2.05, 4.69) is 15.9 Å². The van der Waals surface area contributed by atoms with Gasteiger partial charge in [0.05, 0.1) is 18.2 Å². The molecule has 90 valence electrons. The van der Waals surface area contributed by atoms with Crippen LogP contribution >= 0.6 is 15.9 Å². The molecular weight excluding hydrogens is 276 g/mol. The number of phenolic OH excluding ortho intramolecular Hbond substituents is 1. The second-order valence-corrected chi connectivity index (χ2v) is 4.00. The monoisotopic (exact) mass is 290 g/mol. The Morgan fingerprint density at radius 2 is 1.94 bits per heavy atom. The average molecular weight is 291 g/mol. The first-order chi connectivity index (χ1) is 7.69. The zero-order chi connectivity index (χ0) is 12.0. The molecule has 4 nitrogen and oxygen atoms in total. The Hall–Kier alpha value is -0.940. The highest BCUT2D eigenvalue weighted by atomic mass is 79.9. The van der Waals surface area contributed by atoms with Crippen LogP contribution in [0.1, 0.15) is 6.42 Å². The molecule has 0 aliphatic carbocycles. The molecule has 0 radical (unpaired) electrons. The molecule has 1 aromatic carbocycles. The van der Waals surface area contributed by atoms with Crippen LogP contribution < -0.4 is 9.47 Å². The Balaban J connectivity index is 2.66. The van der Waals surface area contributed by atoms with Crippen molar-refractivity contribution in [1.82, 2.24) is 0 Å². The van der Waals surface area contributed by atoms with Crippen molar-refractivity contribution in [3.8, 4) is 17.2 Å². The molecule has 1 N–H and O–H groups in total. The lowest BCUT2D eigenvalue weighted by Crippen LogP contribution is -2.02. The topological polar surface area (TPSA) is 47.9 Å². The maximum atomic E-state index is 9.52. The second kappa shape index (κ2) is 6.60. The first kappa shape index (κ1) is 13.1. The molecule has 0 aliphatic rings. The first-order valence-corrected chi connectivity index (χ1v) is 5.66. The van der Waals surface area contributed by atoms with Gasteiger partial charge in [0.1, 0.15) is 5.75 Å². The van der Waals surface area contributed by atoms with Gasteiger partial charge >= 0.3 is 0 Å². The van der Waals surface area contributed by atoms with E-state index in [1.165, 1.54) is 6.07 Å². The van der Waals surface area contributed by atoms with Crippen molar-refractivity contribution in [3.05, 3.63) is 16.6 Å². The molecule has 0 amide bonds. The Bertz CT molecular complexity index is 341. The number of aromatic hydroxyl groups is 1. The molecule has 0 bridgehead atoms. The number of ether oxygens (including phenoxy) is 3. The van der Waals surface area contributed by atoms with Crippen LogP contribution in [0, 0.1) is 0 Å². The summed E-state index contributed by atoms with van der Waals surface area (Å²) in [4.78, 5) is 0. The van der Waals surface area contributed by atoms with Gasteiger partial charge in [-0.2, -0.15) is 0 Å². The van der Waals surface area contributed by atoms with Crippen molar-refractivity contribution in [2.75, 3.05) is 27.4 Å². The minimum absolute atomic E-state index is 0.127. The van der Waals surface area contributed by atoms with Gasteiger partial charge in [0, 0.05) is 32.3 Å². The highest BCUT2D eigenvalue weighted by molar-refractivity contribution is 9.10. The van der Waals surface area contributed by atoms with Gasteiger partial charge in [-0.3, -0.25) is 0 Å². The Kier molecular flexibility index (Phi) is 5.42. The minimum atomic E-state index is 0.127. The smallest absolute Gasteiger partial charge is 0.164 e. The van der Waals surface area contributed by atoms with Crippen molar-refractivity contribution in [2.45, 2.75) is 6.42 Å². The largest absolute Gasteiger partial charge is 0.507 e. The Morgan fingerprint density at radius 3 is 2.56 bits per heavy atom. The lowest BCUT2D eigenvalue weighted by molar-refractivity contribution is 0.170. The third-order valence-electron chi connectivity index (χ3n) is 1.98. The van der Waals surface area contributed by atoms with Crippen molar-refractivity contribution >= 4 is 15.9 Å². The van der Waals surface area contributed by atoms with Crippen LogP contribution in [0.25, 0.3) is 0 Å². The van der Waals surface area contributed by atoms with Gasteiger partial charge in [0.25, 0.3) is 0 Å². The summed E-state index contributed by atoms with van der Waals surface area (Å²) in [5.74, 6) is 1.24. The number of phenols is 1. The average Bonchev–Trinajstić information content (AvgIpc) is 2.28. The van der Waals surface area contributed by atoms with Gasteiger partial charge in [-0.15, -0.1) is 0 Å². The first-order valence-electron chi connectivity index (χ1n) is 4.87. The number of hydrogen-bond donors (Lipinski definition) is 1. The van der Waals surface area contributed by atoms with E-state index in [4.69, 9.17) is 14.2 Å². The van der Waals surface area contributed by atoms with Crippen LogP contribution in [0.2, 0.25) is 0 Å². The van der Waals surface area contributed by atoms with Crippen molar-refractivity contribution in [1.29, 1.82) is 0 Å². The third kappa shape index (κ3) is 3.57. The predicted molar refractivity (Wildman–Crippen MR) is 64.3 cm³/mol. The normalized spacial score (nSPS) is 10.2. The number of benzene rings is 1. The van der Waals surface area contributed by atoms with Crippen LogP contribution in [0.3, 0.4) is 0 Å². The van der Waals surface area contributed by atoms with E-state index in [0.29, 0.717) is 29.2 Å². The van der Waals surface area contributed by atoms with E-state index in [1.54, 1.807) is 20.3 Å². The molecule has 1 rings (SSSR count). The summed E-state index contributed by atoms with van der Waals surface area (Å²) in [5.41, 5.74) is 0. The van der Waals surface area contributed by atoms with Crippen molar-refractivity contribution < 1.29 is 19.3 Å². The van der Waals surface area contributed by atoms with E-state index < -0.39 is 0 Å². The fourth-order valence-electron chi connectivity index (χ4n) is 1.18. The predicted octanol–water partition coefficient (Wildman–Crippen LogP) is 2.58. The minimum Gasteiger partial charge on any atom is -0.507 e. The summed E-state index contributed by atoms with van der Waals surface area (Å²) in [6.45, 7) is 1.16. The molecular formula is C11H15BrO4. The van der Waals surface area contributed by atoms with Gasteiger partial charge in [0.2, 0.25) is 0 Å². The molecule has 0 aromatic heterocycles. The van der Waals surface area contributed by atoms with Gasteiger partial charge < -0.3 is 19.3 Å². The fraction of sp³-hybridized carbons (Fsp3) is 0.455. The quantitative estimate of drug-likeness (QED) is 0.818. The highest BCUT2D eigenvalue weighted by Crippen LogP contribution is 2.36. The van der Waals surface area contributed by atoms with Crippen molar-refractivity contribution in [3.63, 3.8) is 0 Å². The summed E-state index contributed by atoms with van der Waals surface area (Å²) < 4.78 is 16.1. The SMILES string of the molecule is COCCCOc1cc(O)c(Br)cc1OC. The van der Waals surface area contributed by atoms with E-state index in [-0.39, 0.29) is 5.75 Å². The summed E-state index contributed by atoms with van der Waals surface area (Å²) in [6, 6.07) is 3.19. The zero-order valence-corrected chi connectivity index (χ0v) is 10.9. The van der Waals surface area contributed by atoms with Crippen LogP contribution in [-0.4, -0.2) is 32.5 Å². The summed E-state index contributed by atoms with van der Waals surface area (Å²) in [6.07, 6.45) is 0.788. The Labute approximate surface area is 103 Å². The molecule has 0 fully saturated rings. The molecule has 0 saturated carbocycles. The molecule has 0 heterocycles. The second-order valence-electron chi connectivity index (χ2n) is 3.15. The lowest BCUT2D eigenvalue weighted by atomic mass is 10.3. The van der Waals surface area contributed by atoms with E-state index in [0.717, 1.165) is 6.42 Å². The maximum Gasteiger partial charge on any atom is 0.164 e. The molecule has 0 spiro atoms. The number of methoxy groups -OCH3 is 2. The number of halogens is 1. The molecule has 5 heteroatoms. The van der Waals surface area contributed by atoms with E-state index in [1.807, 2.05) is 0 Å². The number of hydrogen-bond acceptors (Lipinski definition) is 4. The summed E-state index contributed by atoms with van der Waals surface area (Å²) in [5, 5.41) is 9.52. The van der Waals surface area contributed by atoms with Gasteiger partial charge in [-0.05, 0) is 15.9 Å². The van der Waals surface area contributed by atoms with Crippen LogP contribution in [0.5, 0.6) is 17.2 Å². The zero-order valence-electron chi connectivity index (χ0n) is 9.33. The molecule has 0 atom stereocenters. The highest BCUT2D eigenvalue weighted by Gasteiger charge is 2.09. The van der Waals surface area contributed by atoms with Crippen LogP contribution in [0.15, 0.2) is 16.6 Å².